The van der Waals surface area contributed by atoms with E-state index in [0.29, 0.717) is 12.3 Å². The Morgan fingerprint density at radius 1 is 1.27 bits per heavy atom. The van der Waals surface area contributed by atoms with Crippen molar-refractivity contribution in [2.75, 3.05) is 12.3 Å². The molecule has 1 aliphatic heterocycles. The average Bonchev–Trinajstić information content (AvgIpc) is 2.59. The minimum atomic E-state index is -0.481. The fourth-order valence-corrected chi connectivity index (χ4v) is 3.34. The zero-order valence-electron chi connectivity index (χ0n) is 15.3. The number of hydrogen-bond donors (Lipinski definition) is 1. The number of nitrogen functional groups attached to an aromatic ring is 1. The van der Waals surface area contributed by atoms with Crippen LogP contribution in [0.2, 0.25) is 0 Å². The van der Waals surface area contributed by atoms with Crippen molar-refractivity contribution in [2.24, 2.45) is 5.92 Å². The van der Waals surface area contributed by atoms with Gasteiger partial charge in [-0.1, -0.05) is 43.3 Å². The summed E-state index contributed by atoms with van der Waals surface area (Å²) < 4.78 is 6.05. The van der Waals surface area contributed by atoms with E-state index < -0.39 is 10.5 Å². The second kappa shape index (κ2) is 6.96. The molecule has 3 rings (SSSR count). The zero-order valence-corrected chi connectivity index (χ0v) is 15.3. The number of hydrogen-bond acceptors (Lipinski definition) is 4. The molecule has 1 heterocycles. The molecular formula is C20H24N3O3-. The van der Waals surface area contributed by atoms with Gasteiger partial charge in [0, 0.05) is 0 Å². The van der Waals surface area contributed by atoms with Crippen LogP contribution < -0.4 is 10.5 Å². The van der Waals surface area contributed by atoms with Crippen molar-refractivity contribution in [1.29, 1.82) is 0 Å². The van der Waals surface area contributed by atoms with Gasteiger partial charge in [-0.25, -0.2) is 0 Å². The van der Waals surface area contributed by atoms with Gasteiger partial charge in [-0.15, -0.1) is 6.54 Å². The zero-order chi connectivity index (χ0) is 18.9. The van der Waals surface area contributed by atoms with Gasteiger partial charge in [0.15, 0.2) is 0 Å². The molecule has 2 aromatic carbocycles. The van der Waals surface area contributed by atoms with Crippen LogP contribution in [0, 0.1) is 16.0 Å². The molecule has 0 spiro atoms. The van der Waals surface area contributed by atoms with Gasteiger partial charge in [0.1, 0.15) is 17.0 Å². The van der Waals surface area contributed by atoms with Crippen LogP contribution in [0.15, 0.2) is 42.5 Å². The van der Waals surface area contributed by atoms with E-state index in [1.165, 1.54) is 11.6 Å². The Bertz CT molecular complexity index is 805. The van der Waals surface area contributed by atoms with Gasteiger partial charge in [0.25, 0.3) is 5.69 Å². The first-order valence-electron chi connectivity index (χ1n) is 8.77. The SMILES string of the molecule is C[C@@H]1C([N-]CCc2ccccc2)c2cc(N)c([N+](=O)[O-])cc2OC1(C)C. The standard InChI is InChI=1S/C20H24N3O3/c1-13-19(22-10-9-14-7-5-4-6-8-14)15-11-16(21)17(23(24)25)12-18(15)26-20(13,2)3/h4-8,11-13,19H,9-10,21H2,1-3H3/q-1/t13-,19?/m1/s1. The van der Waals surface area contributed by atoms with Crippen LogP contribution >= 0.6 is 0 Å². The first kappa shape index (κ1) is 18.2. The van der Waals surface area contributed by atoms with Crippen molar-refractivity contribution in [3.8, 4) is 5.75 Å². The molecule has 1 aliphatic rings. The van der Waals surface area contributed by atoms with Crippen molar-refractivity contribution >= 4 is 11.4 Å². The first-order valence-corrected chi connectivity index (χ1v) is 8.77. The van der Waals surface area contributed by atoms with E-state index in [9.17, 15) is 10.1 Å². The third kappa shape index (κ3) is 3.51. The summed E-state index contributed by atoms with van der Waals surface area (Å²) in [7, 11) is 0. The van der Waals surface area contributed by atoms with E-state index in [1.807, 2.05) is 32.0 Å². The van der Waals surface area contributed by atoms with Gasteiger partial charge in [-0.3, -0.25) is 10.1 Å². The lowest BCUT2D eigenvalue weighted by Crippen LogP contribution is -2.43. The molecule has 0 saturated carbocycles. The Morgan fingerprint density at radius 2 is 1.96 bits per heavy atom. The number of nitrogens with zero attached hydrogens (tertiary/aromatic N) is 2. The van der Waals surface area contributed by atoms with Crippen molar-refractivity contribution in [2.45, 2.75) is 38.8 Å². The Hall–Kier alpha value is -2.60. The number of fused-ring (bicyclic) bond motifs is 1. The highest BCUT2D eigenvalue weighted by atomic mass is 16.6. The van der Waals surface area contributed by atoms with E-state index in [1.54, 1.807) is 6.07 Å². The number of benzene rings is 2. The number of rotatable bonds is 5. The van der Waals surface area contributed by atoms with Gasteiger partial charge >= 0.3 is 0 Å². The maximum absolute atomic E-state index is 11.2. The highest BCUT2D eigenvalue weighted by molar-refractivity contribution is 5.65. The molecule has 138 valence electrons. The van der Waals surface area contributed by atoms with Crippen molar-refractivity contribution < 1.29 is 9.66 Å². The summed E-state index contributed by atoms with van der Waals surface area (Å²) in [5.41, 5.74) is 7.51. The van der Waals surface area contributed by atoms with Crippen LogP contribution in [-0.2, 0) is 6.42 Å². The quantitative estimate of drug-likeness (QED) is 0.481. The smallest absolute Gasteiger partial charge is 0.295 e. The summed E-state index contributed by atoms with van der Waals surface area (Å²) in [6.45, 7) is 6.74. The number of ether oxygens (including phenoxy) is 1. The Kier molecular flexibility index (Phi) is 4.87. The number of nitrogens with two attached hydrogens (primary N) is 1. The summed E-state index contributed by atoms with van der Waals surface area (Å²) in [5, 5.41) is 16.1. The van der Waals surface area contributed by atoms with Crippen LogP contribution in [0.1, 0.15) is 37.9 Å². The minimum Gasteiger partial charge on any atom is -0.655 e. The maximum atomic E-state index is 11.2. The molecular weight excluding hydrogens is 330 g/mol. The number of nitro benzene ring substituents is 1. The normalized spacial score (nSPS) is 20.9. The van der Waals surface area contributed by atoms with Gasteiger partial charge in [0.2, 0.25) is 0 Å². The maximum Gasteiger partial charge on any atom is 0.295 e. The lowest BCUT2D eigenvalue weighted by atomic mass is 9.79. The van der Waals surface area contributed by atoms with Crippen LogP contribution in [0.25, 0.3) is 5.32 Å². The molecule has 2 N–H and O–H groups in total. The van der Waals surface area contributed by atoms with Crippen LogP contribution in [0.3, 0.4) is 0 Å². The molecule has 0 saturated heterocycles. The highest BCUT2D eigenvalue weighted by Gasteiger charge is 2.38. The topological polar surface area (TPSA) is 92.5 Å². The van der Waals surface area contributed by atoms with Crippen LogP contribution in [-0.4, -0.2) is 17.1 Å². The summed E-state index contributed by atoms with van der Waals surface area (Å²) in [5.74, 6) is 0.620. The molecule has 0 aromatic heterocycles. The lowest BCUT2D eigenvalue weighted by Gasteiger charge is -2.50. The van der Waals surface area contributed by atoms with Gasteiger partial charge in [-0.05, 0) is 43.4 Å². The third-order valence-corrected chi connectivity index (χ3v) is 5.19. The van der Waals surface area contributed by atoms with Crippen molar-refractivity contribution in [1.82, 2.24) is 0 Å². The van der Waals surface area contributed by atoms with Crippen molar-refractivity contribution in [3.05, 3.63) is 69.0 Å². The average molecular weight is 354 g/mol. The molecule has 0 radical (unpaired) electrons. The lowest BCUT2D eigenvalue weighted by molar-refractivity contribution is -0.384. The summed E-state index contributed by atoms with van der Waals surface area (Å²) in [6, 6.07) is 13.2. The summed E-state index contributed by atoms with van der Waals surface area (Å²) in [6.07, 6.45) is 0.850. The molecule has 1 unspecified atom stereocenters. The van der Waals surface area contributed by atoms with Gasteiger partial charge < -0.3 is 15.8 Å². The summed E-state index contributed by atoms with van der Waals surface area (Å²) >= 11 is 0. The molecule has 0 amide bonds. The van der Waals surface area contributed by atoms with E-state index in [2.05, 4.69) is 19.1 Å². The Morgan fingerprint density at radius 3 is 2.62 bits per heavy atom. The Balaban J connectivity index is 1.87. The second-order valence-corrected chi connectivity index (χ2v) is 7.29. The number of nitro groups is 1. The molecule has 6 heteroatoms. The first-order chi connectivity index (χ1) is 12.3. The van der Waals surface area contributed by atoms with E-state index in [0.717, 1.165) is 12.0 Å². The molecule has 6 nitrogen and oxygen atoms in total. The second-order valence-electron chi connectivity index (χ2n) is 7.29. The fourth-order valence-electron chi connectivity index (χ4n) is 3.34. The predicted octanol–water partition coefficient (Wildman–Crippen LogP) is 4.64. The molecule has 26 heavy (non-hydrogen) atoms. The monoisotopic (exact) mass is 354 g/mol. The molecule has 0 bridgehead atoms. The minimum absolute atomic E-state index is 0.111. The van der Waals surface area contributed by atoms with Crippen LogP contribution in [0.5, 0.6) is 5.75 Å². The van der Waals surface area contributed by atoms with E-state index in [4.69, 9.17) is 15.8 Å². The molecule has 0 aliphatic carbocycles. The predicted molar refractivity (Wildman–Crippen MR) is 102 cm³/mol. The Labute approximate surface area is 153 Å². The van der Waals surface area contributed by atoms with Gasteiger partial charge in [-0.2, -0.15) is 0 Å². The third-order valence-electron chi connectivity index (χ3n) is 5.19. The summed E-state index contributed by atoms with van der Waals surface area (Å²) in [4.78, 5) is 10.7. The van der Waals surface area contributed by atoms with E-state index in [-0.39, 0.29) is 23.3 Å². The van der Waals surface area contributed by atoms with Crippen molar-refractivity contribution in [3.63, 3.8) is 0 Å². The molecule has 2 aromatic rings. The highest BCUT2D eigenvalue weighted by Crippen LogP contribution is 2.49. The fraction of sp³-hybridized carbons (Fsp3) is 0.400. The number of anilines is 1. The van der Waals surface area contributed by atoms with E-state index >= 15 is 0 Å². The largest absolute Gasteiger partial charge is 0.655 e. The molecule has 0 fully saturated rings. The molecule has 2 atom stereocenters. The van der Waals surface area contributed by atoms with Gasteiger partial charge in [0.05, 0.1) is 11.0 Å². The van der Waals surface area contributed by atoms with Crippen LogP contribution in [0.4, 0.5) is 11.4 Å².